The minimum atomic E-state index is 0.315. The summed E-state index contributed by atoms with van der Waals surface area (Å²) in [7, 11) is 0. The molecular weight excluding hydrogens is 250 g/mol. The predicted molar refractivity (Wildman–Crippen MR) is 79.2 cm³/mol. The maximum absolute atomic E-state index is 6.33. The molecule has 96 valence electrons. The van der Waals surface area contributed by atoms with Crippen molar-refractivity contribution in [1.29, 1.82) is 0 Å². The molecule has 0 radical (unpaired) electrons. The first kappa shape index (κ1) is 14.9. The third kappa shape index (κ3) is 4.53. The van der Waals surface area contributed by atoms with Gasteiger partial charge in [0.25, 0.3) is 0 Å². The van der Waals surface area contributed by atoms with Crippen LogP contribution in [0.15, 0.2) is 23.1 Å². The van der Waals surface area contributed by atoms with Crippen LogP contribution in [-0.4, -0.2) is 11.8 Å². The van der Waals surface area contributed by atoms with E-state index in [1.54, 1.807) is 0 Å². The average molecular weight is 272 g/mol. The first-order chi connectivity index (χ1) is 8.08. The third-order valence-corrected chi connectivity index (χ3v) is 4.45. The van der Waals surface area contributed by atoms with E-state index in [2.05, 4.69) is 51.2 Å². The van der Waals surface area contributed by atoms with Gasteiger partial charge < -0.3 is 5.32 Å². The van der Waals surface area contributed by atoms with E-state index in [4.69, 9.17) is 11.6 Å². The van der Waals surface area contributed by atoms with Crippen molar-refractivity contribution in [3.63, 3.8) is 0 Å². The minimum absolute atomic E-state index is 0.315. The molecule has 2 atom stereocenters. The van der Waals surface area contributed by atoms with Gasteiger partial charge in [-0.25, -0.2) is 0 Å². The van der Waals surface area contributed by atoms with Crippen molar-refractivity contribution in [3.05, 3.63) is 28.8 Å². The Morgan fingerprint density at radius 2 is 2.00 bits per heavy atom. The fourth-order valence-corrected chi connectivity index (χ4v) is 3.04. The van der Waals surface area contributed by atoms with Gasteiger partial charge in [0, 0.05) is 21.2 Å². The number of nitrogens with one attached hydrogen (secondary N) is 1. The molecule has 0 bridgehead atoms. The molecule has 0 aliphatic carbocycles. The first-order valence-electron chi connectivity index (χ1n) is 6.27. The molecule has 1 aromatic rings. The monoisotopic (exact) mass is 271 g/mol. The summed E-state index contributed by atoms with van der Waals surface area (Å²) in [6, 6.07) is 6.71. The lowest BCUT2D eigenvalue weighted by Crippen LogP contribution is -2.17. The number of rotatable bonds is 6. The molecule has 0 aromatic heterocycles. The molecule has 0 heterocycles. The molecule has 0 aliphatic rings. The normalized spacial score (nSPS) is 14.6. The van der Waals surface area contributed by atoms with Crippen molar-refractivity contribution in [1.82, 2.24) is 5.32 Å². The van der Waals surface area contributed by atoms with E-state index >= 15 is 0 Å². The average Bonchev–Trinajstić information content (AvgIpc) is 2.29. The quantitative estimate of drug-likeness (QED) is 0.739. The van der Waals surface area contributed by atoms with Crippen molar-refractivity contribution in [3.8, 4) is 0 Å². The maximum atomic E-state index is 6.33. The summed E-state index contributed by atoms with van der Waals surface area (Å²) in [5.41, 5.74) is 1.18. The Morgan fingerprint density at radius 3 is 2.53 bits per heavy atom. The lowest BCUT2D eigenvalue weighted by molar-refractivity contribution is 0.598. The summed E-state index contributed by atoms with van der Waals surface area (Å²) >= 11 is 8.22. The molecule has 1 nitrogen and oxygen atoms in total. The Bertz CT molecular complexity index is 354. The Morgan fingerprint density at radius 1 is 1.29 bits per heavy atom. The molecule has 1 aromatic carbocycles. The molecule has 1 rings (SSSR count). The van der Waals surface area contributed by atoms with Crippen LogP contribution in [0, 0.1) is 0 Å². The van der Waals surface area contributed by atoms with Crippen LogP contribution >= 0.6 is 23.4 Å². The molecule has 1 N–H and O–H groups in total. The number of halogens is 1. The number of hydrogen-bond acceptors (Lipinski definition) is 2. The Hall–Kier alpha value is -0.180. The molecule has 0 aliphatic heterocycles. The molecule has 0 spiro atoms. The topological polar surface area (TPSA) is 12.0 Å². The van der Waals surface area contributed by atoms with E-state index in [0.717, 1.165) is 11.6 Å². The summed E-state index contributed by atoms with van der Waals surface area (Å²) in [5, 5.41) is 4.89. The zero-order valence-corrected chi connectivity index (χ0v) is 12.7. The standard InChI is InChI=1S/C14H22ClNS/c1-5-10(3)17-12-7-8-13(14(15)9-12)11(4)16-6-2/h7-11,16H,5-6H2,1-4H3. The zero-order chi connectivity index (χ0) is 12.8. The lowest BCUT2D eigenvalue weighted by atomic mass is 10.1. The molecule has 3 heteroatoms. The highest BCUT2D eigenvalue weighted by Gasteiger charge is 2.10. The van der Waals surface area contributed by atoms with Gasteiger partial charge in [-0.2, -0.15) is 0 Å². The molecule has 0 amide bonds. The van der Waals surface area contributed by atoms with Crippen LogP contribution in [0.25, 0.3) is 0 Å². The molecule has 0 fully saturated rings. The van der Waals surface area contributed by atoms with Crippen LogP contribution < -0.4 is 5.32 Å². The van der Waals surface area contributed by atoms with Gasteiger partial charge in [0.15, 0.2) is 0 Å². The number of hydrogen-bond donors (Lipinski definition) is 1. The minimum Gasteiger partial charge on any atom is -0.310 e. The summed E-state index contributed by atoms with van der Waals surface area (Å²) in [6.45, 7) is 9.67. The second-order valence-corrected chi connectivity index (χ2v) is 6.22. The fraction of sp³-hybridized carbons (Fsp3) is 0.571. The van der Waals surface area contributed by atoms with E-state index in [0.29, 0.717) is 11.3 Å². The van der Waals surface area contributed by atoms with Crippen LogP contribution in [0.3, 0.4) is 0 Å². The smallest absolute Gasteiger partial charge is 0.0464 e. The summed E-state index contributed by atoms with van der Waals surface area (Å²) in [5.74, 6) is 0. The lowest BCUT2D eigenvalue weighted by Gasteiger charge is -2.16. The van der Waals surface area contributed by atoms with Gasteiger partial charge in [0.1, 0.15) is 0 Å². The molecule has 0 saturated carbocycles. The van der Waals surface area contributed by atoms with E-state index in [-0.39, 0.29) is 0 Å². The largest absolute Gasteiger partial charge is 0.310 e. The van der Waals surface area contributed by atoms with Crippen LogP contribution in [0.2, 0.25) is 5.02 Å². The highest BCUT2D eigenvalue weighted by Crippen LogP contribution is 2.31. The van der Waals surface area contributed by atoms with Gasteiger partial charge in [-0.15, -0.1) is 11.8 Å². The number of benzene rings is 1. The van der Waals surface area contributed by atoms with Crippen LogP contribution in [0.5, 0.6) is 0 Å². The summed E-state index contributed by atoms with van der Waals surface area (Å²) < 4.78 is 0. The Kier molecular flexibility index (Phi) is 6.39. The van der Waals surface area contributed by atoms with Gasteiger partial charge in [-0.05, 0) is 37.6 Å². The van der Waals surface area contributed by atoms with E-state index in [1.807, 2.05) is 11.8 Å². The summed E-state index contributed by atoms with van der Waals surface area (Å²) in [6.07, 6.45) is 1.18. The van der Waals surface area contributed by atoms with Crippen molar-refractivity contribution in [2.75, 3.05) is 6.54 Å². The van der Waals surface area contributed by atoms with Crippen molar-refractivity contribution in [2.45, 2.75) is 50.3 Å². The van der Waals surface area contributed by atoms with E-state index < -0.39 is 0 Å². The van der Waals surface area contributed by atoms with Crippen LogP contribution in [0.1, 0.15) is 45.7 Å². The van der Waals surface area contributed by atoms with Gasteiger partial charge in [0.05, 0.1) is 0 Å². The molecule has 0 saturated heterocycles. The van der Waals surface area contributed by atoms with Crippen molar-refractivity contribution in [2.24, 2.45) is 0 Å². The van der Waals surface area contributed by atoms with Crippen molar-refractivity contribution < 1.29 is 0 Å². The highest BCUT2D eigenvalue weighted by molar-refractivity contribution is 7.99. The summed E-state index contributed by atoms with van der Waals surface area (Å²) in [4.78, 5) is 1.26. The highest BCUT2D eigenvalue weighted by atomic mass is 35.5. The second kappa shape index (κ2) is 7.30. The maximum Gasteiger partial charge on any atom is 0.0464 e. The van der Waals surface area contributed by atoms with Gasteiger partial charge in [0.2, 0.25) is 0 Å². The van der Waals surface area contributed by atoms with Crippen molar-refractivity contribution >= 4 is 23.4 Å². The Balaban J connectivity index is 2.78. The second-order valence-electron chi connectivity index (χ2n) is 4.30. The fourth-order valence-electron chi connectivity index (χ4n) is 1.66. The third-order valence-electron chi connectivity index (χ3n) is 2.86. The SMILES string of the molecule is CCNC(C)c1ccc(SC(C)CC)cc1Cl. The zero-order valence-electron chi connectivity index (χ0n) is 11.1. The predicted octanol–water partition coefficient (Wildman–Crippen LogP) is 4.90. The number of thioether (sulfide) groups is 1. The molecule has 17 heavy (non-hydrogen) atoms. The molecular formula is C14H22ClNS. The van der Waals surface area contributed by atoms with E-state index in [1.165, 1.54) is 16.9 Å². The van der Waals surface area contributed by atoms with Crippen LogP contribution in [0.4, 0.5) is 0 Å². The molecule has 2 unspecified atom stereocenters. The van der Waals surface area contributed by atoms with Gasteiger partial charge in [-0.1, -0.05) is 38.4 Å². The van der Waals surface area contributed by atoms with Crippen LogP contribution in [-0.2, 0) is 0 Å². The van der Waals surface area contributed by atoms with E-state index in [9.17, 15) is 0 Å². The van der Waals surface area contributed by atoms with Gasteiger partial charge in [-0.3, -0.25) is 0 Å². The Labute approximate surface area is 114 Å². The first-order valence-corrected chi connectivity index (χ1v) is 7.53. The van der Waals surface area contributed by atoms with Gasteiger partial charge >= 0.3 is 0 Å².